The molecule has 1 aromatic heterocycles. The Hall–Kier alpha value is -3.71. The van der Waals surface area contributed by atoms with E-state index < -0.39 is 112 Å². The van der Waals surface area contributed by atoms with Crippen LogP contribution in [0.15, 0.2) is 37.1 Å². The van der Waals surface area contributed by atoms with E-state index in [1.54, 1.807) is 18.2 Å². The zero-order valence-corrected chi connectivity index (χ0v) is 30.4. The highest BCUT2D eigenvalue weighted by atomic mass is 35.5. The minimum Gasteiger partial charge on any atom is -0.494 e. The lowest BCUT2D eigenvalue weighted by atomic mass is 9.77. The maximum absolute atomic E-state index is 14.8. The lowest BCUT2D eigenvalue weighted by molar-refractivity contribution is -0.161. The number of carbonyl (C=O) groups is 4. The molecule has 1 aromatic carbocycles. The van der Waals surface area contributed by atoms with Gasteiger partial charge in [-0.3, -0.25) is 19.2 Å². The third kappa shape index (κ3) is 8.51. The second kappa shape index (κ2) is 14.0. The molecule has 3 fully saturated rings. The lowest BCUT2D eigenvalue weighted by Crippen LogP contribution is -2.55. The topological polar surface area (TPSA) is 158 Å². The number of ether oxygens (including phenoxy) is 3. The van der Waals surface area contributed by atoms with Crippen LogP contribution in [-0.4, -0.2) is 89.8 Å². The molecule has 5 atom stereocenters. The fourth-order valence-corrected chi connectivity index (χ4v) is 8.45. The number of rotatable bonds is 13. The minimum absolute atomic E-state index is 0.0546. The zero-order valence-electron chi connectivity index (χ0n) is 37.8. The summed E-state index contributed by atoms with van der Waals surface area (Å²) in [6.07, 6.45) is 1.54. The quantitative estimate of drug-likeness (QED) is 0.222. The summed E-state index contributed by atoms with van der Waals surface area (Å²) < 4.78 is 113. The van der Waals surface area contributed by atoms with Crippen LogP contribution in [0.4, 0.5) is 0 Å². The van der Waals surface area contributed by atoms with Gasteiger partial charge in [-0.1, -0.05) is 38.4 Å². The SMILES string of the molecule is [2H]C([2H])([2H])C(OC(=O)C[C@H](C(=O)N1C[C@H](Oc2ncc(OC)c3ccc(Cl)cc23)C[C@H]1C(=O)N[C@]1(C(=O)CS(=O)(=O)C2CC2)C[C@H]1C=C)C(C)(C)C)(C([2H])([2H])[2H])C([2H])([2H])[2H]. The second-order valence-electron chi connectivity index (χ2n) is 14.5. The smallest absolute Gasteiger partial charge is 0.307 e. The summed E-state index contributed by atoms with van der Waals surface area (Å²) in [5, 5.41) is 3.41. The number of pyridine rings is 1. The molecule has 14 heteroatoms. The van der Waals surface area contributed by atoms with Gasteiger partial charge in [0.25, 0.3) is 0 Å². The number of methoxy groups -OCH3 is 1. The molecule has 1 saturated heterocycles. The fraction of sp³-hybridized carbons (Fsp3) is 0.595. The molecule has 2 saturated carbocycles. The van der Waals surface area contributed by atoms with Crippen LogP contribution in [0, 0.1) is 17.3 Å². The Labute approximate surface area is 317 Å². The normalized spacial score (nSPS) is 27.4. The fourth-order valence-electron chi connectivity index (χ4n) is 6.56. The summed E-state index contributed by atoms with van der Waals surface area (Å²) in [6.45, 7) is -3.59. The maximum Gasteiger partial charge on any atom is 0.307 e. The first kappa shape index (κ1) is 27.9. The Balaban J connectivity index is 1.51. The van der Waals surface area contributed by atoms with Crippen molar-refractivity contribution in [2.75, 3.05) is 19.4 Å². The van der Waals surface area contributed by atoms with Gasteiger partial charge in [0, 0.05) is 40.5 Å². The van der Waals surface area contributed by atoms with Crippen molar-refractivity contribution in [2.24, 2.45) is 17.3 Å². The average molecular weight is 755 g/mol. The summed E-state index contributed by atoms with van der Waals surface area (Å²) >= 11 is 6.31. The summed E-state index contributed by atoms with van der Waals surface area (Å²) in [5.74, 6) is -6.54. The van der Waals surface area contributed by atoms with E-state index in [0.717, 1.165) is 4.90 Å². The van der Waals surface area contributed by atoms with Crippen molar-refractivity contribution in [2.45, 2.75) is 102 Å². The van der Waals surface area contributed by atoms with E-state index in [4.69, 9.17) is 38.1 Å². The van der Waals surface area contributed by atoms with Crippen molar-refractivity contribution in [3.8, 4) is 11.6 Å². The molecule has 2 aliphatic carbocycles. The van der Waals surface area contributed by atoms with Crippen LogP contribution in [0.25, 0.3) is 10.8 Å². The largest absolute Gasteiger partial charge is 0.494 e. The molecule has 0 unspecified atom stereocenters. The molecule has 2 heterocycles. The number of Topliss-reactive ketones (excluding diaryl/α,β-unsaturated/α-hetero) is 1. The van der Waals surface area contributed by atoms with Crippen molar-refractivity contribution >= 4 is 55.8 Å². The molecular weight excluding hydrogens is 698 g/mol. The molecule has 12 nitrogen and oxygen atoms in total. The first-order valence-electron chi connectivity index (χ1n) is 20.9. The highest BCUT2D eigenvalue weighted by molar-refractivity contribution is 7.93. The molecule has 0 spiro atoms. The van der Waals surface area contributed by atoms with Crippen LogP contribution < -0.4 is 14.8 Å². The Bertz CT molecular complexity index is 2140. The van der Waals surface area contributed by atoms with E-state index >= 15 is 0 Å². The van der Waals surface area contributed by atoms with Gasteiger partial charge in [-0.2, -0.15) is 0 Å². The lowest BCUT2D eigenvalue weighted by Gasteiger charge is -2.35. The number of amides is 2. The van der Waals surface area contributed by atoms with Gasteiger partial charge in [-0.05, 0) is 63.4 Å². The van der Waals surface area contributed by atoms with E-state index in [9.17, 15) is 27.6 Å². The van der Waals surface area contributed by atoms with E-state index in [1.165, 1.54) is 40.2 Å². The number of nitrogens with zero attached hydrogens (tertiary/aromatic N) is 2. The maximum atomic E-state index is 14.8. The third-order valence-electron chi connectivity index (χ3n) is 9.61. The molecule has 1 aliphatic heterocycles. The average Bonchev–Trinajstić information content (AvgIpc) is 4.04. The van der Waals surface area contributed by atoms with Crippen LogP contribution in [0.3, 0.4) is 0 Å². The number of esters is 1. The van der Waals surface area contributed by atoms with Crippen LogP contribution in [-0.2, 0) is 33.8 Å². The molecule has 51 heavy (non-hydrogen) atoms. The predicted octanol–water partition coefficient (Wildman–Crippen LogP) is 4.85. The molecule has 2 aromatic rings. The number of fused-ring (bicyclic) bond motifs is 1. The molecular formula is C37H48ClN3O9S. The van der Waals surface area contributed by atoms with Crippen molar-refractivity contribution in [3.05, 3.63) is 42.1 Å². The second-order valence-corrected chi connectivity index (χ2v) is 17.2. The highest BCUT2D eigenvalue weighted by Crippen LogP contribution is 2.47. The van der Waals surface area contributed by atoms with Gasteiger partial charge < -0.3 is 24.4 Å². The summed E-state index contributed by atoms with van der Waals surface area (Å²) in [6, 6.07) is 3.47. The van der Waals surface area contributed by atoms with Gasteiger partial charge in [-0.15, -0.1) is 6.58 Å². The van der Waals surface area contributed by atoms with E-state index in [0.29, 0.717) is 34.4 Å². The predicted molar refractivity (Wildman–Crippen MR) is 192 cm³/mol. The third-order valence-corrected chi connectivity index (χ3v) is 12.0. The summed E-state index contributed by atoms with van der Waals surface area (Å²) in [4.78, 5) is 62.0. The van der Waals surface area contributed by atoms with Gasteiger partial charge in [0.05, 0.1) is 37.4 Å². The van der Waals surface area contributed by atoms with Crippen LogP contribution in [0.5, 0.6) is 11.6 Å². The number of hydrogen-bond donors (Lipinski definition) is 1. The Morgan fingerprint density at radius 1 is 1.20 bits per heavy atom. The van der Waals surface area contributed by atoms with Crippen molar-refractivity contribution < 1.29 is 54.1 Å². The number of hydrogen-bond acceptors (Lipinski definition) is 10. The number of carbonyl (C=O) groups excluding carboxylic acids is 4. The molecule has 0 radical (unpaired) electrons. The van der Waals surface area contributed by atoms with Crippen molar-refractivity contribution in [1.82, 2.24) is 15.2 Å². The van der Waals surface area contributed by atoms with Crippen molar-refractivity contribution in [3.63, 3.8) is 0 Å². The molecule has 278 valence electrons. The van der Waals surface area contributed by atoms with Crippen LogP contribution in [0.1, 0.15) is 85.8 Å². The number of likely N-dealkylation sites (tertiary alicyclic amines) is 1. The summed E-state index contributed by atoms with van der Waals surface area (Å²) in [7, 11) is -2.34. The van der Waals surface area contributed by atoms with E-state index in [1.807, 2.05) is 0 Å². The standard InChI is InChI=1S/C37H48ClN3O9S/c1-9-21-17-37(21,30(42)20-51(46,47)24-11-12-24)40-32(44)28-15-23(49-33-26-14-22(38)10-13-25(26)29(48-8)18-39-33)19-41(28)34(45)27(35(2,3)4)16-31(43)50-36(5,6)7/h9-10,13-14,18,21,23-24,27-28H,1,11-12,15-17,19-20H2,2-8H3,(H,40,44)/t21-,23-,27-,28+,37-/m1/s1/i5D3,6D3,7D3. The highest BCUT2D eigenvalue weighted by Gasteiger charge is 2.61. The first-order valence-corrected chi connectivity index (χ1v) is 18.5. The molecule has 0 bridgehead atoms. The molecule has 1 N–H and O–H groups in total. The Morgan fingerprint density at radius 3 is 2.49 bits per heavy atom. The Kier molecular flexibility index (Phi) is 7.66. The minimum atomic E-state index is -3.96. The molecule has 5 rings (SSSR count). The number of ketones is 1. The van der Waals surface area contributed by atoms with Gasteiger partial charge >= 0.3 is 5.97 Å². The van der Waals surface area contributed by atoms with Gasteiger partial charge in [0.1, 0.15) is 34.8 Å². The number of benzene rings is 1. The molecule has 2 amide bonds. The van der Waals surface area contributed by atoms with E-state index in [-0.39, 0.29) is 25.3 Å². The first-order chi connectivity index (χ1) is 27.4. The number of halogens is 1. The number of sulfone groups is 1. The zero-order chi connectivity index (χ0) is 45.2. The van der Waals surface area contributed by atoms with Gasteiger partial charge in [-0.25, -0.2) is 13.4 Å². The monoisotopic (exact) mass is 754 g/mol. The number of nitrogens with one attached hydrogen (secondary N) is 1. The van der Waals surface area contributed by atoms with Crippen LogP contribution >= 0.6 is 11.6 Å². The van der Waals surface area contributed by atoms with Crippen molar-refractivity contribution in [1.29, 1.82) is 0 Å². The van der Waals surface area contributed by atoms with Crippen LogP contribution in [0.2, 0.25) is 5.02 Å². The van der Waals surface area contributed by atoms with Gasteiger partial charge in [0.15, 0.2) is 15.6 Å². The number of aromatic nitrogens is 1. The van der Waals surface area contributed by atoms with Gasteiger partial charge in [0.2, 0.25) is 17.7 Å². The Morgan fingerprint density at radius 2 is 1.90 bits per heavy atom. The van der Waals surface area contributed by atoms with E-state index in [2.05, 4.69) is 16.9 Å². The summed E-state index contributed by atoms with van der Waals surface area (Å²) in [5.41, 5.74) is -6.78. The molecule has 3 aliphatic rings.